The van der Waals surface area contributed by atoms with Crippen molar-refractivity contribution in [1.82, 2.24) is 10.2 Å². The first-order valence-corrected chi connectivity index (χ1v) is 6.38. The molecule has 0 bridgehead atoms. The number of nitro benzene ring substituents is 2. The number of nitrogens with one attached hydrogen (secondary N) is 2. The minimum atomic E-state index is -4.74. The number of alkyl halides is 3. The molecule has 0 aliphatic rings. The van der Waals surface area contributed by atoms with Crippen molar-refractivity contribution in [1.29, 1.82) is 0 Å². The molecule has 10 nitrogen and oxygen atoms in total. The summed E-state index contributed by atoms with van der Waals surface area (Å²) in [5.41, 5.74) is -3.71. The third kappa shape index (κ3) is 3.70. The van der Waals surface area contributed by atoms with Gasteiger partial charge in [0.15, 0.2) is 5.69 Å². The van der Waals surface area contributed by atoms with Gasteiger partial charge in [0.25, 0.3) is 17.3 Å². The SMILES string of the molecule is Cc1c([N+](=O)[O-])cc(NC(=O)c2cc(C(F)(F)F)[nH]n2)cc1[N+](=O)[O-]. The number of halogens is 3. The van der Waals surface area contributed by atoms with Crippen LogP contribution in [0.15, 0.2) is 18.2 Å². The van der Waals surface area contributed by atoms with Gasteiger partial charge in [0.05, 0.1) is 15.5 Å². The molecule has 1 amide bonds. The van der Waals surface area contributed by atoms with E-state index in [1.54, 1.807) is 5.10 Å². The average Bonchev–Trinajstić information content (AvgIpc) is 2.98. The minimum absolute atomic E-state index is 0.230. The van der Waals surface area contributed by atoms with Crippen LogP contribution in [-0.4, -0.2) is 26.0 Å². The molecule has 132 valence electrons. The van der Waals surface area contributed by atoms with Crippen molar-refractivity contribution >= 4 is 23.0 Å². The Morgan fingerprint density at radius 1 is 1.16 bits per heavy atom. The zero-order valence-corrected chi connectivity index (χ0v) is 12.2. The zero-order valence-electron chi connectivity index (χ0n) is 12.2. The molecular formula is C12H8F3N5O5. The van der Waals surface area contributed by atoms with E-state index >= 15 is 0 Å². The lowest BCUT2D eigenvalue weighted by Gasteiger charge is -2.05. The van der Waals surface area contributed by atoms with E-state index in [0.29, 0.717) is 6.07 Å². The number of hydrogen-bond donors (Lipinski definition) is 2. The summed E-state index contributed by atoms with van der Waals surface area (Å²) in [6.45, 7) is 1.16. The predicted octanol–water partition coefficient (Wildman–Crippen LogP) is 2.81. The minimum Gasteiger partial charge on any atom is -0.320 e. The zero-order chi connectivity index (χ0) is 18.9. The number of amides is 1. The van der Waals surface area contributed by atoms with Crippen LogP contribution < -0.4 is 5.32 Å². The number of carbonyl (C=O) groups is 1. The van der Waals surface area contributed by atoms with Crippen LogP contribution in [0.25, 0.3) is 0 Å². The lowest BCUT2D eigenvalue weighted by Crippen LogP contribution is -2.13. The Morgan fingerprint density at radius 2 is 1.68 bits per heavy atom. The van der Waals surface area contributed by atoms with E-state index in [1.807, 2.05) is 5.32 Å². The number of hydrogen-bond acceptors (Lipinski definition) is 6. The van der Waals surface area contributed by atoms with Gasteiger partial charge in [-0.1, -0.05) is 0 Å². The smallest absolute Gasteiger partial charge is 0.320 e. The van der Waals surface area contributed by atoms with Crippen molar-refractivity contribution in [2.24, 2.45) is 0 Å². The maximum atomic E-state index is 12.5. The highest BCUT2D eigenvalue weighted by molar-refractivity contribution is 6.03. The van der Waals surface area contributed by atoms with Gasteiger partial charge in [-0.3, -0.25) is 30.1 Å². The highest BCUT2D eigenvalue weighted by Crippen LogP contribution is 2.32. The third-order valence-electron chi connectivity index (χ3n) is 3.12. The molecule has 0 spiro atoms. The van der Waals surface area contributed by atoms with E-state index in [9.17, 15) is 38.2 Å². The topological polar surface area (TPSA) is 144 Å². The monoisotopic (exact) mass is 359 g/mol. The summed E-state index contributed by atoms with van der Waals surface area (Å²) in [6.07, 6.45) is -4.74. The van der Waals surface area contributed by atoms with Gasteiger partial charge < -0.3 is 5.32 Å². The standard InChI is InChI=1S/C12H8F3N5O5/c1-5-8(19(22)23)2-6(3-9(5)20(24)25)16-11(21)7-4-10(18-17-7)12(13,14)15/h2-4H,1H3,(H,16,21)(H,17,18). The lowest BCUT2D eigenvalue weighted by atomic mass is 10.1. The first kappa shape index (κ1) is 17.8. The Hall–Kier alpha value is -3.51. The van der Waals surface area contributed by atoms with Gasteiger partial charge in [0.1, 0.15) is 11.3 Å². The fourth-order valence-electron chi connectivity index (χ4n) is 1.91. The van der Waals surface area contributed by atoms with Crippen molar-refractivity contribution in [2.75, 3.05) is 5.32 Å². The van der Waals surface area contributed by atoms with Gasteiger partial charge in [-0.05, 0) is 6.92 Å². The molecule has 0 atom stereocenters. The molecule has 1 heterocycles. The number of anilines is 1. The second kappa shape index (κ2) is 6.18. The fourth-order valence-corrected chi connectivity index (χ4v) is 1.91. The average molecular weight is 359 g/mol. The summed E-state index contributed by atoms with van der Waals surface area (Å²) < 4.78 is 37.4. The number of benzene rings is 1. The summed E-state index contributed by atoms with van der Waals surface area (Å²) in [5, 5.41) is 28.8. The summed E-state index contributed by atoms with van der Waals surface area (Å²) in [6, 6.07) is 2.15. The number of nitrogens with zero attached hydrogens (tertiary/aromatic N) is 3. The summed E-state index contributed by atoms with van der Waals surface area (Å²) in [4.78, 5) is 32.0. The Balaban J connectivity index is 2.36. The molecule has 1 aromatic heterocycles. The number of aromatic amines is 1. The van der Waals surface area contributed by atoms with Gasteiger partial charge in [0.2, 0.25) is 0 Å². The molecule has 0 saturated carbocycles. The fraction of sp³-hybridized carbons (Fsp3) is 0.167. The molecule has 2 aromatic rings. The van der Waals surface area contributed by atoms with Crippen molar-refractivity contribution in [2.45, 2.75) is 13.1 Å². The molecule has 0 unspecified atom stereocenters. The van der Waals surface area contributed by atoms with Crippen molar-refractivity contribution < 1.29 is 27.8 Å². The Labute approximate surface area is 135 Å². The van der Waals surface area contributed by atoms with Crippen LogP contribution in [0.5, 0.6) is 0 Å². The van der Waals surface area contributed by atoms with E-state index < -0.39 is 44.7 Å². The molecule has 25 heavy (non-hydrogen) atoms. The Morgan fingerprint density at radius 3 is 2.08 bits per heavy atom. The number of aromatic nitrogens is 2. The maximum Gasteiger partial charge on any atom is 0.432 e. The molecular weight excluding hydrogens is 351 g/mol. The summed E-state index contributed by atoms with van der Waals surface area (Å²) >= 11 is 0. The van der Waals surface area contributed by atoms with Crippen LogP contribution >= 0.6 is 0 Å². The Kier molecular flexibility index (Phi) is 4.41. The summed E-state index contributed by atoms with van der Waals surface area (Å²) in [5.74, 6) is -1.13. The molecule has 0 aliphatic carbocycles. The number of carbonyl (C=O) groups excluding carboxylic acids is 1. The van der Waals surface area contributed by atoms with E-state index in [2.05, 4.69) is 5.10 Å². The number of rotatable bonds is 4. The van der Waals surface area contributed by atoms with Crippen molar-refractivity contribution in [3.8, 4) is 0 Å². The van der Waals surface area contributed by atoms with Crippen LogP contribution in [-0.2, 0) is 6.18 Å². The third-order valence-corrected chi connectivity index (χ3v) is 3.12. The largest absolute Gasteiger partial charge is 0.432 e. The highest BCUT2D eigenvalue weighted by Gasteiger charge is 2.34. The van der Waals surface area contributed by atoms with Crippen LogP contribution in [0, 0.1) is 27.2 Å². The molecule has 13 heteroatoms. The van der Waals surface area contributed by atoms with Crippen LogP contribution in [0.1, 0.15) is 21.7 Å². The van der Waals surface area contributed by atoms with E-state index in [1.165, 1.54) is 0 Å². The van der Waals surface area contributed by atoms with Gasteiger partial charge >= 0.3 is 6.18 Å². The normalized spacial score (nSPS) is 11.2. The molecule has 2 rings (SSSR count). The second-order valence-electron chi connectivity index (χ2n) is 4.77. The molecule has 0 saturated heterocycles. The maximum absolute atomic E-state index is 12.5. The van der Waals surface area contributed by atoms with Crippen LogP contribution in [0.3, 0.4) is 0 Å². The quantitative estimate of drug-likeness (QED) is 0.634. The molecule has 1 aromatic carbocycles. The van der Waals surface area contributed by atoms with Crippen LogP contribution in [0.2, 0.25) is 0 Å². The van der Waals surface area contributed by atoms with Gasteiger partial charge in [-0.2, -0.15) is 18.3 Å². The lowest BCUT2D eigenvalue weighted by molar-refractivity contribution is -0.395. The van der Waals surface area contributed by atoms with E-state index in [-0.39, 0.29) is 11.3 Å². The number of nitro groups is 2. The van der Waals surface area contributed by atoms with Crippen LogP contribution in [0.4, 0.5) is 30.2 Å². The highest BCUT2D eigenvalue weighted by atomic mass is 19.4. The first-order valence-electron chi connectivity index (χ1n) is 6.38. The second-order valence-corrected chi connectivity index (χ2v) is 4.77. The summed E-state index contributed by atoms with van der Waals surface area (Å²) in [7, 11) is 0. The van der Waals surface area contributed by atoms with Crippen molar-refractivity contribution in [3.63, 3.8) is 0 Å². The molecule has 2 N–H and O–H groups in total. The van der Waals surface area contributed by atoms with Crippen molar-refractivity contribution in [3.05, 3.63) is 55.4 Å². The van der Waals surface area contributed by atoms with Gasteiger partial charge in [-0.15, -0.1) is 0 Å². The Bertz CT molecular complexity index is 841. The molecule has 0 aliphatic heterocycles. The van der Waals surface area contributed by atoms with Gasteiger partial charge in [-0.25, -0.2) is 0 Å². The first-order chi connectivity index (χ1) is 11.5. The molecule has 0 fully saturated rings. The van der Waals surface area contributed by atoms with E-state index in [4.69, 9.17) is 0 Å². The van der Waals surface area contributed by atoms with E-state index in [0.717, 1.165) is 19.1 Å². The van der Waals surface area contributed by atoms with Gasteiger partial charge in [0, 0.05) is 18.2 Å². The number of H-pyrrole nitrogens is 1. The predicted molar refractivity (Wildman–Crippen MR) is 76.0 cm³/mol. The molecule has 0 radical (unpaired) electrons.